The topological polar surface area (TPSA) is 88.5 Å². The van der Waals surface area contributed by atoms with E-state index in [-0.39, 0.29) is 12.0 Å². The SMILES string of the molecule is O=C(O)C=Cc1cnc(NC(=O)CCC2CCCO2)s1. The molecule has 2 rings (SSSR count). The van der Waals surface area contributed by atoms with Gasteiger partial charge in [-0.2, -0.15) is 0 Å². The van der Waals surface area contributed by atoms with Crippen molar-refractivity contribution in [3.63, 3.8) is 0 Å². The number of carbonyl (C=O) groups is 2. The molecule has 0 spiro atoms. The number of carboxylic acid groups (broad SMARTS) is 1. The van der Waals surface area contributed by atoms with Crippen molar-refractivity contribution in [2.24, 2.45) is 0 Å². The lowest BCUT2D eigenvalue weighted by molar-refractivity contribution is -0.131. The Morgan fingerprint density at radius 1 is 1.60 bits per heavy atom. The highest BCUT2D eigenvalue weighted by molar-refractivity contribution is 7.16. The molecule has 2 N–H and O–H groups in total. The first-order valence-electron chi connectivity index (χ1n) is 6.42. The minimum atomic E-state index is -1.01. The van der Waals surface area contributed by atoms with Crippen molar-refractivity contribution in [1.29, 1.82) is 0 Å². The van der Waals surface area contributed by atoms with Crippen LogP contribution in [-0.4, -0.2) is 34.7 Å². The van der Waals surface area contributed by atoms with Gasteiger partial charge in [-0.05, 0) is 25.3 Å². The summed E-state index contributed by atoms with van der Waals surface area (Å²) in [6, 6.07) is 0. The average Bonchev–Trinajstić information content (AvgIpc) is 3.05. The third-order valence-corrected chi connectivity index (χ3v) is 3.76. The van der Waals surface area contributed by atoms with Crippen molar-refractivity contribution in [2.75, 3.05) is 11.9 Å². The Morgan fingerprint density at radius 3 is 3.15 bits per heavy atom. The Bertz CT molecular complexity index is 506. The lowest BCUT2D eigenvalue weighted by Crippen LogP contribution is -2.15. The molecule has 1 aliphatic rings. The second-order valence-corrected chi connectivity index (χ2v) is 5.52. The summed E-state index contributed by atoms with van der Waals surface area (Å²) >= 11 is 1.24. The van der Waals surface area contributed by atoms with Gasteiger partial charge in [0.15, 0.2) is 5.13 Å². The minimum Gasteiger partial charge on any atom is -0.478 e. The number of aromatic nitrogens is 1. The van der Waals surface area contributed by atoms with Gasteiger partial charge in [0, 0.05) is 30.2 Å². The van der Waals surface area contributed by atoms with Crippen LogP contribution in [0.15, 0.2) is 12.3 Å². The molecule has 0 bridgehead atoms. The molecular weight excluding hydrogens is 280 g/mol. The fourth-order valence-corrected chi connectivity index (χ4v) is 2.66. The van der Waals surface area contributed by atoms with E-state index in [1.165, 1.54) is 23.6 Å². The van der Waals surface area contributed by atoms with Crippen LogP contribution in [0, 0.1) is 0 Å². The zero-order valence-corrected chi connectivity index (χ0v) is 11.7. The number of carboxylic acids is 1. The van der Waals surface area contributed by atoms with Crippen LogP contribution in [0.25, 0.3) is 6.08 Å². The van der Waals surface area contributed by atoms with E-state index in [1.807, 2.05) is 0 Å². The van der Waals surface area contributed by atoms with E-state index in [1.54, 1.807) is 0 Å². The van der Waals surface area contributed by atoms with Crippen molar-refractivity contribution >= 4 is 34.4 Å². The van der Waals surface area contributed by atoms with E-state index in [0.717, 1.165) is 31.9 Å². The highest BCUT2D eigenvalue weighted by atomic mass is 32.1. The van der Waals surface area contributed by atoms with Gasteiger partial charge in [0.1, 0.15) is 0 Å². The normalized spacial score (nSPS) is 18.5. The highest BCUT2D eigenvalue weighted by Gasteiger charge is 2.17. The third kappa shape index (κ3) is 4.75. The van der Waals surface area contributed by atoms with Crippen molar-refractivity contribution in [2.45, 2.75) is 31.8 Å². The number of aliphatic carboxylic acids is 1. The van der Waals surface area contributed by atoms with Crippen LogP contribution in [0.4, 0.5) is 5.13 Å². The van der Waals surface area contributed by atoms with Gasteiger partial charge < -0.3 is 15.2 Å². The molecule has 1 saturated heterocycles. The third-order valence-electron chi connectivity index (χ3n) is 2.88. The maximum Gasteiger partial charge on any atom is 0.328 e. The van der Waals surface area contributed by atoms with Crippen LogP contribution in [-0.2, 0) is 14.3 Å². The number of ether oxygens (including phenoxy) is 1. The Morgan fingerprint density at radius 2 is 2.45 bits per heavy atom. The van der Waals surface area contributed by atoms with Crippen LogP contribution in [0.5, 0.6) is 0 Å². The predicted molar refractivity (Wildman–Crippen MR) is 75.6 cm³/mol. The van der Waals surface area contributed by atoms with E-state index in [0.29, 0.717) is 16.4 Å². The molecule has 0 saturated carbocycles. The maximum atomic E-state index is 11.7. The summed E-state index contributed by atoms with van der Waals surface area (Å²) < 4.78 is 5.45. The predicted octanol–water partition coefficient (Wildman–Crippen LogP) is 2.14. The van der Waals surface area contributed by atoms with Gasteiger partial charge >= 0.3 is 5.97 Å². The number of nitrogens with one attached hydrogen (secondary N) is 1. The molecule has 1 unspecified atom stereocenters. The van der Waals surface area contributed by atoms with Crippen LogP contribution in [0.3, 0.4) is 0 Å². The maximum absolute atomic E-state index is 11.7. The number of rotatable bonds is 6. The van der Waals surface area contributed by atoms with E-state index in [2.05, 4.69) is 10.3 Å². The molecule has 108 valence electrons. The highest BCUT2D eigenvalue weighted by Crippen LogP contribution is 2.21. The van der Waals surface area contributed by atoms with Crippen molar-refractivity contribution < 1.29 is 19.4 Å². The van der Waals surface area contributed by atoms with Crippen LogP contribution >= 0.6 is 11.3 Å². The van der Waals surface area contributed by atoms with Crippen molar-refractivity contribution in [3.8, 4) is 0 Å². The Kier molecular flexibility index (Phi) is 5.25. The number of nitrogens with zero attached hydrogens (tertiary/aromatic N) is 1. The number of hydrogen-bond donors (Lipinski definition) is 2. The molecule has 2 heterocycles. The summed E-state index contributed by atoms with van der Waals surface area (Å²) in [6.45, 7) is 0.790. The molecular formula is C13H16N2O4S. The Labute approximate surface area is 120 Å². The van der Waals surface area contributed by atoms with Gasteiger partial charge in [0.25, 0.3) is 0 Å². The monoisotopic (exact) mass is 296 g/mol. The quantitative estimate of drug-likeness (QED) is 0.785. The number of thiazole rings is 1. The molecule has 0 aliphatic carbocycles. The Balaban J connectivity index is 1.77. The molecule has 1 amide bonds. The number of anilines is 1. The molecule has 1 fully saturated rings. The molecule has 1 aromatic heterocycles. The fourth-order valence-electron chi connectivity index (χ4n) is 1.92. The number of amides is 1. The molecule has 0 aromatic carbocycles. The van der Waals surface area contributed by atoms with Crippen molar-refractivity contribution in [3.05, 3.63) is 17.2 Å². The van der Waals surface area contributed by atoms with Gasteiger partial charge in [-0.15, -0.1) is 0 Å². The largest absolute Gasteiger partial charge is 0.478 e. The second kappa shape index (κ2) is 7.16. The molecule has 6 nitrogen and oxygen atoms in total. The van der Waals surface area contributed by atoms with Gasteiger partial charge in [0.05, 0.1) is 6.10 Å². The van der Waals surface area contributed by atoms with Gasteiger partial charge in [-0.1, -0.05) is 11.3 Å². The van der Waals surface area contributed by atoms with Crippen LogP contribution < -0.4 is 5.32 Å². The van der Waals surface area contributed by atoms with Gasteiger partial charge in [-0.25, -0.2) is 9.78 Å². The summed E-state index contributed by atoms with van der Waals surface area (Å²) in [5, 5.41) is 11.7. The fraction of sp³-hybridized carbons (Fsp3) is 0.462. The standard InChI is InChI=1S/C13H16N2O4S/c16-11(5-3-9-2-1-7-19-9)15-13-14-8-10(20-13)4-6-12(17)18/h4,6,8-9H,1-3,5,7H2,(H,17,18)(H,14,15,16). The smallest absolute Gasteiger partial charge is 0.328 e. The summed E-state index contributed by atoms with van der Waals surface area (Å²) in [7, 11) is 0. The summed E-state index contributed by atoms with van der Waals surface area (Å²) in [6.07, 6.45) is 7.43. The van der Waals surface area contributed by atoms with Gasteiger partial charge in [0.2, 0.25) is 5.91 Å². The zero-order chi connectivity index (χ0) is 14.4. The van der Waals surface area contributed by atoms with Gasteiger partial charge in [-0.3, -0.25) is 4.79 Å². The minimum absolute atomic E-state index is 0.0939. The number of hydrogen-bond acceptors (Lipinski definition) is 5. The van der Waals surface area contributed by atoms with E-state index >= 15 is 0 Å². The molecule has 0 radical (unpaired) electrons. The summed E-state index contributed by atoms with van der Waals surface area (Å²) in [5.41, 5.74) is 0. The van der Waals surface area contributed by atoms with Crippen molar-refractivity contribution in [1.82, 2.24) is 4.98 Å². The first kappa shape index (κ1) is 14.7. The summed E-state index contributed by atoms with van der Waals surface area (Å²) in [5.74, 6) is -1.11. The molecule has 7 heteroatoms. The zero-order valence-electron chi connectivity index (χ0n) is 10.9. The molecule has 20 heavy (non-hydrogen) atoms. The van der Waals surface area contributed by atoms with E-state index in [4.69, 9.17) is 9.84 Å². The molecule has 1 aliphatic heterocycles. The first-order valence-corrected chi connectivity index (χ1v) is 7.23. The molecule has 1 aromatic rings. The van der Waals surface area contributed by atoms with E-state index < -0.39 is 5.97 Å². The average molecular weight is 296 g/mol. The van der Waals surface area contributed by atoms with E-state index in [9.17, 15) is 9.59 Å². The number of carbonyl (C=O) groups excluding carboxylic acids is 1. The second-order valence-electron chi connectivity index (χ2n) is 4.46. The van der Waals surface area contributed by atoms with Crippen LogP contribution in [0.1, 0.15) is 30.6 Å². The summed E-state index contributed by atoms with van der Waals surface area (Å²) in [4.78, 5) is 26.8. The lowest BCUT2D eigenvalue weighted by atomic mass is 10.1. The lowest BCUT2D eigenvalue weighted by Gasteiger charge is -2.07. The first-order chi connectivity index (χ1) is 9.63. The Hall–Kier alpha value is -1.73. The molecule has 1 atom stereocenters. The van der Waals surface area contributed by atoms with Crippen LogP contribution in [0.2, 0.25) is 0 Å².